The second-order valence-electron chi connectivity index (χ2n) is 5.71. The number of hydrogen-bond acceptors (Lipinski definition) is 4. The normalized spacial score (nSPS) is 12.1. The van der Waals surface area contributed by atoms with Crippen LogP contribution in [0.15, 0.2) is 41.7 Å². The Morgan fingerprint density at radius 2 is 1.96 bits per heavy atom. The van der Waals surface area contributed by atoms with E-state index in [-0.39, 0.29) is 30.0 Å². The minimum absolute atomic E-state index is 0. The first-order chi connectivity index (χ1) is 12.7. The Morgan fingerprint density at radius 1 is 1.22 bits per heavy atom. The van der Waals surface area contributed by atoms with Crippen LogP contribution in [-0.4, -0.2) is 42.5 Å². The molecule has 1 unspecified atom stereocenters. The fraction of sp³-hybridized carbons (Fsp3) is 0.474. The van der Waals surface area contributed by atoms with Crippen molar-refractivity contribution >= 4 is 29.9 Å². The van der Waals surface area contributed by atoms with E-state index in [0.29, 0.717) is 13.2 Å². The summed E-state index contributed by atoms with van der Waals surface area (Å²) in [5, 5.41) is 10.9. The third-order valence-electron chi connectivity index (χ3n) is 3.84. The number of hydrogen-bond donors (Lipinski definition) is 2. The minimum Gasteiger partial charge on any atom is -0.490 e. The lowest BCUT2D eigenvalue weighted by atomic mass is 10.1. The van der Waals surface area contributed by atoms with Gasteiger partial charge in [0.2, 0.25) is 0 Å². The minimum atomic E-state index is 0. The highest BCUT2D eigenvalue weighted by Crippen LogP contribution is 2.30. The molecule has 2 aromatic rings. The number of halogens is 1. The van der Waals surface area contributed by atoms with E-state index >= 15 is 0 Å². The van der Waals surface area contributed by atoms with Crippen LogP contribution in [0.1, 0.15) is 32.4 Å². The molecular weight excluding hydrogens is 457 g/mol. The molecule has 0 saturated heterocycles. The standard InChI is InChI=1S/C19H29N5O2.HI/c1-5-25-17-9-8-16(14-18(17)26-6-2)15(3)23-19(20-4)21-11-13-24-12-7-10-22-24;/h7-10,12,14-15H,5-6,11,13H2,1-4H3,(H2,20,21,23);1H. The van der Waals surface area contributed by atoms with Crippen molar-refractivity contribution in [3.63, 3.8) is 0 Å². The van der Waals surface area contributed by atoms with Gasteiger partial charge < -0.3 is 20.1 Å². The lowest BCUT2D eigenvalue weighted by Gasteiger charge is -2.20. The summed E-state index contributed by atoms with van der Waals surface area (Å²) in [5.74, 6) is 2.28. The van der Waals surface area contributed by atoms with E-state index in [1.54, 1.807) is 13.2 Å². The number of nitrogens with zero attached hydrogens (tertiary/aromatic N) is 3. The van der Waals surface area contributed by atoms with Crippen LogP contribution in [0, 0.1) is 0 Å². The zero-order valence-corrected chi connectivity index (χ0v) is 18.8. The highest BCUT2D eigenvalue weighted by molar-refractivity contribution is 14.0. The largest absolute Gasteiger partial charge is 0.490 e. The third-order valence-corrected chi connectivity index (χ3v) is 3.84. The Bertz CT molecular complexity index is 691. The number of aromatic nitrogens is 2. The molecule has 27 heavy (non-hydrogen) atoms. The highest BCUT2D eigenvalue weighted by Gasteiger charge is 2.12. The van der Waals surface area contributed by atoms with Gasteiger partial charge >= 0.3 is 0 Å². The predicted molar refractivity (Wildman–Crippen MR) is 119 cm³/mol. The first-order valence-corrected chi connectivity index (χ1v) is 9.02. The zero-order valence-electron chi connectivity index (χ0n) is 16.4. The molecule has 0 aliphatic carbocycles. The Hall–Kier alpha value is -1.97. The Kier molecular flexibility index (Phi) is 10.6. The van der Waals surface area contributed by atoms with Gasteiger partial charge in [0.15, 0.2) is 17.5 Å². The summed E-state index contributed by atoms with van der Waals surface area (Å²) in [6, 6.07) is 8.00. The molecule has 0 aliphatic heterocycles. The van der Waals surface area contributed by atoms with E-state index in [0.717, 1.165) is 36.1 Å². The first kappa shape index (κ1) is 23.1. The van der Waals surface area contributed by atoms with Crippen LogP contribution in [0.2, 0.25) is 0 Å². The highest BCUT2D eigenvalue weighted by atomic mass is 127. The third kappa shape index (κ3) is 7.28. The summed E-state index contributed by atoms with van der Waals surface area (Å²) in [4.78, 5) is 4.29. The van der Waals surface area contributed by atoms with Gasteiger partial charge in [-0.15, -0.1) is 24.0 Å². The van der Waals surface area contributed by atoms with Crippen molar-refractivity contribution in [3.05, 3.63) is 42.2 Å². The Morgan fingerprint density at radius 3 is 2.59 bits per heavy atom. The Labute approximate surface area is 178 Å². The van der Waals surface area contributed by atoms with E-state index in [1.165, 1.54) is 0 Å². The number of benzene rings is 1. The maximum Gasteiger partial charge on any atom is 0.191 e. The average Bonchev–Trinajstić information content (AvgIpc) is 3.16. The van der Waals surface area contributed by atoms with E-state index in [9.17, 15) is 0 Å². The SMILES string of the molecule is CCOc1ccc(C(C)NC(=NC)NCCn2cccn2)cc1OCC.I. The molecule has 0 spiro atoms. The van der Waals surface area contributed by atoms with Crippen molar-refractivity contribution < 1.29 is 9.47 Å². The molecule has 150 valence electrons. The molecule has 2 rings (SSSR count). The van der Waals surface area contributed by atoms with Gasteiger partial charge in [-0.3, -0.25) is 9.67 Å². The van der Waals surface area contributed by atoms with Gasteiger partial charge in [-0.05, 0) is 44.5 Å². The molecule has 0 amide bonds. The van der Waals surface area contributed by atoms with Crippen LogP contribution >= 0.6 is 24.0 Å². The molecule has 0 saturated carbocycles. The number of rotatable bonds is 9. The van der Waals surface area contributed by atoms with E-state index in [4.69, 9.17) is 9.47 Å². The van der Waals surface area contributed by atoms with Gasteiger partial charge in [-0.2, -0.15) is 5.10 Å². The predicted octanol–water partition coefficient (Wildman–Crippen LogP) is 3.22. The second kappa shape index (κ2) is 12.4. The van der Waals surface area contributed by atoms with Gasteiger partial charge in [-0.1, -0.05) is 6.07 Å². The lowest BCUT2D eigenvalue weighted by molar-refractivity contribution is 0.287. The lowest BCUT2D eigenvalue weighted by Crippen LogP contribution is -2.40. The number of guanidine groups is 1. The molecule has 2 N–H and O–H groups in total. The summed E-state index contributed by atoms with van der Waals surface area (Å²) >= 11 is 0. The monoisotopic (exact) mass is 487 g/mol. The van der Waals surface area contributed by atoms with Gasteiger partial charge in [0.25, 0.3) is 0 Å². The summed E-state index contributed by atoms with van der Waals surface area (Å²) in [5.41, 5.74) is 1.10. The molecule has 8 heteroatoms. The molecule has 1 heterocycles. The zero-order chi connectivity index (χ0) is 18.8. The number of nitrogens with one attached hydrogen (secondary N) is 2. The van der Waals surface area contributed by atoms with Crippen molar-refractivity contribution in [1.82, 2.24) is 20.4 Å². The molecule has 0 fully saturated rings. The van der Waals surface area contributed by atoms with Gasteiger partial charge in [-0.25, -0.2) is 0 Å². The first-order valence-electron chi connectivity index (χ1n) is 9.02. The quantitative estimate of drug-likeness (QED) is 0.323. The van der Waals surface area contributed by atoms with Gasteiger partial charge in [0.1, 0.15) is 0 Å². The molecule has 0 aliphatic rings. The van der Waals surface area contributed by atoms with Gasteiger partial charge in [0, 0.05) is 26.0 Å². The average molecular weight is 487 g/mol. The maximum atomic E-state index is 5.71. The topological polar surface area (TPSA) is 72.7 Å². The van der Waals surface area contributed by atoms with Crippen LogP contribution in [0.25, 0.3) is 0 Å². The Balaban J connectivity index is 0.00000364. The fourth-order valence-corrected chi connectivity index (χ4v) is 2.54. The number of ether oxygens (including phenoxy) is 2. The van der Waals surface area contributed by atoms with Crippen LogP contribution in [-0.2, 0) is 6.54 Å². The second-order valence-corrected chi connectivity index (χ2v) is 5.71. The summed E-state index contributed by atoms with van der Waals surface area (Å²) in [6.45, 7) is 8.75. The maximum absolute atomic E-state index is 5.71. The molecular formula is C19H30IN5O2. The van der Waals surface area contributed by atoms with E-state index in [1.807, 2.05) is 49.0 Å². The van der Waals surface area contributed by atoms with Crippen LogP contribution < -0.4 is 20.1 Å². The molecule has 1 aromatic heterocycles. The molecule has 1 atom stereocenters. The van der Waals surface area contributed by atoms with E-state index in [2.05, 4.69) is 27.6 Å². The van der Waals surface area contributed by atoms with Gasteiger partial charge in [0.05, 0.1) is 25.8 Å². The number of aliphatic imine (C=N–C) groups is 1. The summed E-state index contributed by atoms with van der Waals surface area (Å²) in [6.07, 6.45) is 3.71. The molecule has 1 aromatic carbocycles. The van der Waals surface area contributed by atoms with Crippen molar-refractivity contribution in [2.24, 2.45) is 4.99 Å². The molecule has 0 bridgehead atoms. The summed E-state index contributed by atoms with van der Waals surface area (Å²) in [7, 11) is 1.76. The van der Waals surface area contributed by atoms with Crippen LogP contribution in [0.3, 0.4) is 0 Å². The molecule has 0 radical (unpaired) electrons. The smallest absolute Gasteiger partial charge is 0.191 e. The van der Waals surface area contributed by atoms with Crippen molar-refractivity contribution in [3.8, 4) is 11.5 Å². The van der Waals surface area contributed by atoms with Crippen LogP contribution in [0.5, 0.6) is 11.5 Å². The van der Waals surface area contributed by atoms with E-state index < -0.39 is 0 Å². The van der Waals surface area contributed by atoms with Crippen molar-refractivity contribution in [2.45, 2.75) is 33.4 Å². The fourth-order valence-electron chi connectivity index (χ4n) is 2.54. The van der Waals surface area contributed by atoms with Crippen molar-refractivity contribution in [1.29, 1.82) is 0 Å². The van der Waals surface area contributed by atoms with Crippen molar-refractivity contribution in [2.75, 3.05) is 26.8 Å². The molecule has 7 nitrogen and oxygen atoms in total. The summed E-state index contributed by atoms with van der Waals surface area (Å²) < 4.78 is 13.2. The van der Waals surface area contributed by atoms with Crippen LogP contribution in [0.4, 0.5) is 0 Å².